The summed E-state index contributed by atoms with van der Waals surface area (Å²) in [4.78, 5) is 14.3. The molecule has 0 aliphatic heterocycles. The molecule has 17 heavy (non-hydrogen) atoms. The molecule has 0 fully saturated rings. The maximum absolute atomic E-state index is 11.9. The standard InChI is InChI=1S/C13H22N2OS/c1-5-8(2)12(14)13(16)15-10(4)11-7-6-9(3)17-11/h6-8,10,12H,5,14H2,1-4H3,(H,15,16)/t8-,10?,12-/m0/s1. The van der Waals surface area contributed by atoms with Gasteiger partial charge in [0.1, 0.15) is 0 Å². The molecule has 0 bridgehead atoms. The van der Waals surface area contributed by atoms with Crippen LogP contribution in [0, 0.1) is 12.8 Å². The lowest BCUT2D eigenvalue weighted by Gasteiger charge is -2.20. The van der Waals surface area contributed by atoms with E-state index in [1.807, 2.05) is 20.8 Å². The van der Waals surface area contributed by atoms with Gasteiger partial charge >= 0.3 is 0 Å². The lowest BCUT2D eigenvalue weighted by atomic mass is 9.99. The number of nitrogens with one attached hydrogen (secondary N) is 1. The Labute approximate surface area is 107 Å². The molecule has 3 atom stereocenters. The molecule has 1 amide bonds. The Hall–Kier alpha value is -0.870. The van der Waals surface area contributed by atoms with Gasteiger partial charge in [0.2, 0.25) is 5.91 Å². The fourth-order valence-electron chi connectivity index (χ4n) is 1.58. The van der Waals surface area contributed by atoms with Gasteiger partial charge in [0.15, 0.2) is 0 Å². The summed E-state index contributed by atoms with van der Waals surface area (Å²) in [6.07, 6.45) is 0.918. The van der Waals surface area contributed by atoms with E-state index in [4.69, 9.17) is 5.73 Å². The Morgan fingerprint density at radius 1 is 1.47 bits per heavy atom. The Kier molecular flexibility index (Phi) is 5.15. The number of nitrogens with two attached hydrogens (primary N) is 1. The summed E-state index contributed by atoms with van der Waals surface area (Å²) in [5, 5.41) is 2.97. The smallest absolute Gasteiger partial charge is 0.237 e. The van der Waals surface area contributed by atoms with Crippen molar-refractivity contribution in [3.8, 4) is 0 Å². The molecular formula is C13H22N2OS. The van der Waals surface area contributed by atoms with E-state index >= 15 is 0 Å². The fraction of sp³-hybridized carbons (Fsp3) is 0.615. The first kappa shape index (κ1) is 14.2. The molecule has 1 aromatic heterocycles. The average molecular weight is 254 g/mol. The van der Waals surface area contributed by atoms with E-state index in [0.29, 0.717) is 0 Å². The molecule has 1 aromatic rings. The van der Waals surface area contributed by atoms with Crippen molar-refractivity contribution in [1.82, 2.24) is 5.32 Å². The predicted octanol–water partition coefficient (Wildman–Crippen LogP) is 2.61. The summed E-state index contributed by atoms with van der Waals surface area (Å²) in [7, 11) is 0. The van der Waals surface area contributed by atoms with Gasteiger partial charge < -0.3 is 11.1 Å². The van der Waals surface area contributed by atoms with Crippen molar-refractivity contribution in [2.75, 3.05) is 0 Å². The molecule has 1 heterocycles. The second kappa shape index (κ2) is 6.17. The van der Waals surface area contributed by atoms with Crippen LogP contribution < -0.4 is 11.1 Å². The predicted molar refractivity (Wildman–Crippen MR) is 73.0 cm³/mol. The Morgan fingerprint density at radius 2 is 2.12 bits per heavy atom. The maximum atomic E-state index is 11.9. The minimum atomic E-state index is -0.413. The normalized spacial score (nSPS) is 16.3. The number of hydrogen-bond acceptors (Lipinski definition) is 3. The fourth-order valence-corrected chi connectivity index (χ4v) is 2.46. The van der Waals surface area contributed by atoms with Gasteiger partial charge in [-0.25, -0.2) is 0 Å². The highest BCUT2D eigenvalue weighted by atomic mass is 32.1. The Balaban J connectivity index is 2.57. The molecule has 96 valence electrons. The van der Waals surface area contributed by atoms with Gasteiger partial charge in [-0.3, -0.25) is 4.79 Å². The third-order valence-electron chi connectivity index (χ3n) is 3.11. The van der Waals surface area contributed by atoms with E-state index in [1.54, 1.807) is 11.3 Å². The molecule has 0 aliphatic carbocycles. The first-order valence-corrected chi connectivity index (χ1v) is 6.89. The molecule has 1 rings (SSSR count). The Bertz CT molecular complexity index is 375. The van der Waals surface area contributed by atoms with Gasteiger partial charge in [-0.05, 0) is 31.9 Å². The van der Waals surface area contributed by atoms with Crippen molar-refractivity contribution < 1.29 is 4.79 Å². The van der Waals surface area contributed by atoms with Gasteiger partial charge in [0.25, 0.3) is 0 Å². The minimum absolute atomic E-state index is 0.0382. The lowest BCUT2D eigenvalue weighted by molar-refractivity contribution is -0.124. The molecule has 3 N–H and O–H groups in total. The van der Waals surface area contributed by atoms with Crippen molar-refractivity contribution in [1.29, 1.82) is 0 Å². The molecule has 0 radical (unpaired) electrons. The summed E-state index contributed by atoms with van der Waals surface area (Å²) in [5.41, 5.74) is 5.89. The molecule has 3 nitrogen and oxygen atoms in total. The van der Waals surface area contributed by atoms with E-state index in [-0.39, 0.29) is 17.9 Å². The number of carbonyl (C=O) groups is 1. The first-order valence-electron chi connectivity index (χ1n) is 6.08. The zero-order valence-corrected chi connectivity index (χ0v) is 11.8. The van der Waals surface area contributed by atoms with Crippen LogP contribution in [-0.4, -0.2) is 11.9 Å². The van der Waals surface area contributed by atoms with E-state index in [1.165, 1.54) is 9.75 Å². The van der Waals surface area contributed by atoms with Gasteiger partial charge in [0, 0.05) is 9.75 Å². The highest BCUT2D eigenvalue weighted by Crippen LogP contribution is 2.22. The average Bonchev–Trinajstić information content (AvgIpc) is 2.73. The zero-order valence-electron chi connectivity index (χ0n) is 11.0. The molecular weight excluding hydrogens is 232 g/mol. The second-order valence-corrected chi connectivity index (χ2v) is 5.91. The van der Waals surface area contributed by atoms with Crippen molar-refractivity contribution in [3.63, 3.8) is 0 Å². The van der Waals surface area contributed by atoms with Crippen LogP contribution in [0.2, 0.25) is 0 Å². The van der Waals surface area contributed by atoms with Gasteiger partial charge in [-0.1, -0.05) is 20.3 Å². The van der Waals surface area contributed by atoms with Gasteiger partial charge in [0.05, 0.1) is 12.1 Å². The maximum Gasteiger partial charge on any atom is 0.237 e. The molecule has 0 spiro atoms. The molecule has 1 unspecified atom stereocenters. The number of carbonyl (C=O) groups excluding carboxylic acids is 1. The van der Waals surface area contributed by atoms with Crippen molar-refractivity contribution in [2.45, 2.75) is 46.2 Å². The number of hydrogen-bond donors (Lipinski definition) is 2. The minimum Gasteiger partial charge on any atom is -0.347 e. The summed E-state index contributed by atoms with van der Waals surface area (Å²) in [6.45, 7) is 8.11. The summed E-state index contributed by atoms with van der Waals surface area (Å²) >= 11 is 1.71. The van der Waals surface area contributed by atoms with E-state index in [9.17, 15) is 4.79 Å². The third kappa shape index (κ3) is 3.82. The monoisotopic (exact) mass is 254 g/mol. The molecule has 0 aromatic carbocycles. The molecule has 4 heteroatoms. The Morgan fingerprint density at radius 3 is 2.59 bits per heavy atom. The van der Waals surface area contributed by atoms with Crippen molar-refractivity contribution in [2.24, 2.45) is 11.7 Å². The van der Waals surface area contributed by atoms with Crippen LogP contribution in [0.5, 0.6) is 0 Å². The zero-order chi connectivity index (χ0) is 13.0. The largest absolute Gasteiger partial charge is 0.347 e. The highest BCUT2D eigenvalue weighted by molar-refractivity contribution is 7.12. The van der Waals surface area contributed by atoms with Crippen molar-refractivity contribution in [3.05, 3.63) is 21.9 Å². The van der Waals surface area contributed by atoms with Crippen molar-refractivity contribution >= 4 is 17.2 Å². The SMILES string of the molecule is CC[C@H](C)[C@H](N)C(=O)NC(C)c1ccc(C)s1. The van der Waals surface area contributed by atoms with E-state index < -0.39 is 6.04 Å². The van der Waals surface area contributed by atoms with Crippen LogP contribution in [0.15, 0.2) is 12.1 Å². The number of aryl methyl sites for hydroxylation is 1. The van der Waals surface area contributed by atoms with E-state index in [0.717, 1.165) is 6.42 Å². The van der Waals surface area contributed by atoms with Gasteiger partial charge in [-0.15, -0.1) is 11.3 Å². The molecule has 0 saturated heterocycles. The van der Waals surface area contributed by atoms with Crippen LogP contribution in [0.4, 0.5) is 0 Å². The summed E-state index contributed by atoms with van der Waals surface area (Å²) in [5.74, 6) is 0.158. The lowest BCUT2D eigenvalue weighted by Crippen LogP contribution is -2.45. The summed E-state index contributed by atoms with van der Waals surface area (Å²) in [6, 6.07) is 3.75. The number of amides is 1. The quantitative estimate of drug-likeness (QED) is 0.848. The molecule has 0 aliphatic rings. The summed E-state index contributed by atoms with van der Waals surface area (Å²) < 4.78 is 0. The first-order chi connectivity index (χ1) is 7.95. The third-order valence-corrected chi connectivity index (χ3v) is 4.29. The highest BCUT2D eigenvalue weighted by Gasteiger charge is 2.21. The number of thiophene rings is 1. The van der Waals surface area contributed by atoms with Crippen LogP contribution in [0.25, 0.3) is 0 Å². The topological polar surface area (TPSA) is 55.1 Å². The second-order valence-electron chi connectivity index (χ2n) is 4.59. The van der Waals surface area contributed by atoms with Crippen LogP contribution in [0.3, 0.4) is 0 Å². The van der Waals surface area contributed by atoms with Crippen LogP contribution >= 0.6 is 11.3 Å². The number of rotatable bonds is 5. The molecule has 0 saturated carbocycles. The van der Waals surface area contributed by atoms with Gasteiger partial charge in [-0.2, -0.15) is 0 Å². The van der Waals surface area contributed by atoms with Crippen LogP contribution in [-0.2, 0) is 4.79 Å². The van der Waals surface area contributed by atoms with E-state index in [2.05, 4.69) is 24.4 Å². The van der Waals surface area contributed by atoms with Crippen LogP contribution in [0.1, 0.15) is 43.0 Å².